The lowest BCUT2D eigenvalue weighted by Crippen LogP contribution is -2.47. The van der Waals surface area contributed by atoms with Crippen LogP contribution >= 0.6 is 0 Å². The molecule has 17 heavy (non-hydrogen) atoms. The fraction of sp³-hybridized carbons (Fsp3) is 1.00. The Labute approximate surface area is 101 Å². The number of methoxy groups -OCH3 is 1. The van der Waals surface area contributed by atoms with Crippen LogP contribution in [-0.4, -0.2) is 35.9 Å². The molecule has 2 fully saturated rings. The molecule has 2 aliphatic heterocycles. The number of aliphatic hydroxyl groups excluding tert-OH is 1. The summed E-state index contributed by atoms with van der Waals surface area (Å²) in [5.41, 5.74) is -0.805. The van der Waals surface area contributed by atoms with Gasteiger partial charge in [-0.05, 0) is 13.8 Å². The maximum Gasteiger partial charge on any atom is 0.166 e. The summed E-state index contributed by atoms with van der Waals surface area (Å²) in [6, 6.07) is 0. The van der Waals surface area contributed by atoms with Crippen LogP contribution in [0.15, 0.2) is 10.2 Å². The minimum Gasteiger partial charge on any atom is -0.367 e. The van der Waals surface area contributed by atoms with Crippen molar-refractivity contribution in [2.45, 2.75) is 51.4 Å². The number of ether oxygens (including phenoxy) is 2. The maximum atomic E-state index is 10.1. The SMILES string of the molecule is CO[C@H]1O[C@@H](O)[C@H]2[C@@H]1[C@@]1(C)N=N[C@]2(C)C1(C)C. The normalized spacial score (nSPS) is 58.7. The molecule has 2 heterocycles. The zero-order chi connectivity index (χ0) is 12.6. The lowest BCUT2D eigenvalue weighted by atomic mass is 9.68. The van der Waals surface area contributed by atoms with Crippen LogP contribution in [0.2, 0.25) is 0 Å². The summed E-state index contributed by atoms with van der Waals surface area (Å²) in [4.78, 5) is 0. The van der Waals surface area contributed by atoms with E-state index in [1.165, 1.54) is 0 Å². The monoisotopic (exact) mass is 240 g/mol. The van der Waals surface area contributed by atoms with Crippen LogP contribution in [0.1, 0.15) is 27.7 Å². The fourth-order valence-electron chi connectivity index (χ4n) is 4.03. The zero-order valence-corrected chi connectivity index (χ0v) is 11.0. The highest BCUT2D eigenvalue weighted by molar-refractivity contribution is 5.28. The molecule has 6 atom stereocenters. The largest absolute Gasteiger partial charge is 0.367 e. The van der Waals surface area contributed by atoms with Gasteiger partial charge in [0.25, 0.3) is 0 Å². The fourth-order valence-corrected chi connectivity index (χ4v) is 4.03. The molecule has 0 radical (unpaired) electrons. The van der Waals surface area contributed by atoms with Crippen molar-refractivity contribution in [2.24, 2.45) is 27.5 Å². The van der Waals surface area contributed by atoms with Crippen molar-refractivity contribution in [1.29, 1.82) is 0 Å². The summed E-state index contributed by atoms with van der Waals surface area (Å²) in [6.45, 7) is 8.51. The van der Waals surface area contributed by atoms with Crippen LogP contribution in [-0.2, 0) is 9.47 Å². The molecular weight excluding hydrogens is 220 g/mol. The Morgan fingerprint density at radius 1 is 1.06 bits per heavy atom. The molecular formula is C12H20N2O3. The van der Waals surface area contributed by atoms with Gasteiger partial charge in [0.1, 0.15) is 0 Å². The third-order valence-electron chi connectivity index (χ3n) is 5.79. The number of rotatable bonds is 1. The molecule has 1 aliphatic carbocycles. The number of hydrogen-bond acceptors (Lipinski definition) is 5. The summed E-state index contributed by atoms with van der Waals surface area (Å²) in [6.07, 6.45) is -1.20. The lowest BCUT2D eigenvalue weighted by Gasteiger charge is -2.38. The Balaban J connectivity index is 2.16. The van der Waals surface area contributed by atoms with Crippen molar-refractivity contribution >= 4 is 0 Å². The van der Waals surface area contributed by atoms with E-state index in [4.69, 9.17) is 9.47 Å². The summed E-state index contributed by atoms with van der Waals surface area (Å²) in [7, 11) is 1.61. The molecule has 0 amide bonds. The van der Waals surface area contributed by atoms with Crippen LogP contribution in [0.3, 0.4) is 0 Å². The number of fused-ring (bicyclic) bond motifs is 5. The molecule has 1 N–H and O–H groups in total. The van der Waals surface area contributed by atoms with Crippen molar-refractivity contribution in [1.82, 2.24) is 0 Å². The van der Waals surface area contributed by atoms with Crippen molar-refractivity contribution in [2.75, 3.05) is 7.11 Å². The van der Waals surface area contributed by atoms with E-state index in [0.717, 1.165) is 0 Å². The molecule has 1 saturated carbocycles. The van der Waals surface area contributed by atoms with E-state index in [2.05, 4.69) is 37.9 Å². The van der Waals surface area contributed by atoms with Gasteiger partial charge in [-0.3, -0.25) is 0 Å². The van der Waals surface area contributed by atoms with Gasteiger partial charge < -0.3 is 14.6 Å². The minimum atomic E-state index is -0.810. The third kappa shape index (κ3) is 0.948. The number of aliphatic hydroxyl groups is 1. The van der Waals surface area contributed by atoms with Gasteiger partial charge in [0.05, 0.1) is 11.1 Å². The average molecular weight is 240 g/mol. The molecule has 0 aromatic heterocycles. The molecule has 0 spiro atoms. The van der Waals surface area contributed by atoms with Crippen LogP contribution in [0.5, 0.6) is 0 Å². The summed E-state index contributed by atoms with van der Waals surface area (Å²) >= 11 is 0. The zero-order valence-electron chi connectivity index (χ0n) is 11.0. The van der Waals surface area contributed by atoms with Gasteiger partial charge in [0.15, 0.2) is 12.6 Å². The van der Waals surface area contributed by atoms with Gasteiger partial charge >= 0.3 is 0 Å². The summed E-state index contributed by atoms with van der Waals surface area (Å²) in [5, 5.41) is 19.1. The highest BCUT2D eigenvalue weighted by Gasteiger charge is 2.78. The van der Waals surface area contributed by atoms with Gasteiger partial charge in [-0.1, -0.05) is 13.8 Å². The molecule has 3 aliphatic rings. The van der Waals surface area contributed by atoms with Gasteiger partial charge in [0, 0.05) is 24.4 Å². The predicted molar refractivity (Wildman–Crippen MR) is 60.3 cm³/mol. The minimum absolute atomic E-state index is 0.0371. The standard InChI is InChI=1S/C12H20N2O3/c1-10(2)11(3)6-7(12(10,4)14-13-11)9(16-5)17-8(6)15/h6-9,15H,1-5H3/t6-,7+,8-,9+,11+,12-/m1/s1. The van der Waals surface area contributed by atoms with E-state index in [1.807, 2.05) is 0 Å². The van der Waals surface area contributed by atoms with E-state index in [-0.39, 0.29) is 34.6 Å². The van der Waals surface area contributed by atoms with E-state index < -0.39 is 6.29 Å². The van der Waals surface area contributed by atoms with Crippen molar-refractivity contribution in [3.8, 4) is 0 Å². The Hall–Kier alpha value is -0.520. The maximum absolute atomic E-state index is 10.1. The van der Waals surface area contributed by atoms with Crippen LogP contribution in [0.25, 0.3) is 0 Å². The first-order chi connectivity index (χ1) is 7.79. The molecule has 2 bridgehead atoms. The highest BCUT2D eigenvalue weighted by Crippen LogP contribution is 2.70. The van der Waals surface area contributed by atoms with E-state index in [1.54, 1.807) is 7.11 Å². The first-order valence-corrected chi connectivity index (χ1v) is 6.10. The quantitative estimate of drug-likeness (QED) is 0.756. The highest BCUT2D eigenvalue weighted by atomic mass is 16.7. The van der Waals surface area contributed by atoms with Crippen LogP contribution < -0.4 is 0 Å². The summed E-state index contributed by atoms with van der Waals surface area (Å²) in [5.74, 6) is 0.0324. The second-order valence-electron chi connectivity index (χ2n) is 6.30. The molecule has 5 heteroatoms. The number of hydrogen-bond donors (Lipinski definition) is 1. The molecule has 3 rings (SSSR count). The average Bonchev–Trinajstić information content (AvgIpc) is 2.74. The Morgan fingerprint density at radius 2 is 1.59 bits per heavy atom. The first kappa shape index (κ1) is 11.6. The van der Waals surface area contributed by atoms with Crippen molar-refractivity contribution in [3.63, 3.8) is 0 Å². The van der Waals surface area contributed by atoms with Crippen molar-refractivity contribution < 1.29 is 14.6 Å². The van der Waals surface area contributed by atoms with E-state index in [9.17, 15) is 5.11 Å². The molecule has 1 saturated heterocycles. The van der Waals surface area contributed by atoms with Crippen LogP contribution in [0.4, 0.5) is 0 Å². The molecule has 96 valence electrons. The van der Waals surface area contributed by atoms with Gasteiger partial charge in [0.2, 0.25) is 0 Å². The second kappa shape index (κ2) is 2.90. The van der Waals surface area contributed by atoms with Gasteiger partial charge in [-0.25, -0.2) is 0 Å². The number of nitrogens with zero attached hydrogens (tertiary/aromatic N) is 2. The molecule has 0 unspecified atom stereocenters. The smallest absolute Gasteiger partial charge is 0.166 e. The Kier molecular flexibility index (Phi) is 1.97. The third-order valence-corrected chi connectivity index (χ3v) is 5.79. The summed E-state index contributed by atoms with van der Waals surface area (Å²) < 4.78 is 10.9. The van der Waals surface area contributed by atoms with Gasteiger partial charge in [-0.15, -0.1) is 0 Å². The Bertz CT molecular complexity index is 397. The second-order valence-corrected chi connectivity index (χ2v) is 6.30. The predicted octanol–water partition coefficient (Wildman–Crippen LogP) is 1.56. The molecule has 0 aromatic carbocycles. The van der Waals surface area contributed by atoms with E-state index >= 15 is 0 Å². The lowest BCUT2D eigenvalue weighted by molar-refractivity contribution is -0.199. The van der Waals surface area contributed by atoms with Crippen LogP contribution in [0, 0.1) is 17.3 Å². The Morgan fingerprint density at radius 3 is 2.12 bits per heavy atom. The first-order valence-electron chi connectivity index (χ1n) is 6.10. The molecule has 0 aromatic rings. The molecule has 5 nitrogen and oxygen atoms in total. The van der Waals surface area contributed by atoms with E-state index in [0.29, 0.717) is 0 Å². The van der Waals surface area contributed by atoms with Crippen molar-refractivity contribution in [3.05, 3.63) is 0 Å². The number of azo groups is 1. The topological polar surface area (TPSA) is 63.4 Å². The van der Waals surface area contributed by atoms with Gasteiger partial charge in [-0.2, -0.15) is 10.2 Å².